The number of pyridine rings is 1. The fraction of sp³-hybridized carbons (Fsp3) is 0. The zero-order valence-corrected chi connectivity index (χ0v) is 8.16. The fourth-order valence-electron chi connectivity index (χ4n) is 1.51. The molecule has 0 bridgehead atoms. The van der Waals surface area contributed by atoms with Crippen LogP contribution in [0.2, 0.25) is 0 Å². The second-order valence-electron chi connectivity index (χ2n) is 3.22. The molecule has 0 saturated carbocycles. The highest BCUT2D eigenvalue weighted by Gasteiger charge is 2.16. The van der Waals surface area contributed by atoms with Gasteiger partial charge in [-0.05, 0) is 12.1 Å². The highest BCUT2D eigenvalue weighted by molar-refractivity contribution is 5.89. The minimum Gasteiger partial charge on any atom is -0.504 e. The summed E-state index contributed by atoms with van der Waals surface area (Å²) in [4.78, 5) is 12.0. The lowest BCUT2D eigenvalue weighted by atomic mass is 10.3. The number of rotatable bonds is 1. The summed E-state index contributed by atoms with van der Waals surface area (Å²) >= 11 is 0. The lowest BCUT2D eigenvalue weighted by Crippen LogP contribution is -1.84. The van der Waals surface area contributed by atoms with Crippen LogP contribution in [0, 0.1) is 0 Å². The summed E-state index contributed by atoms with van der Waals surface area (Å²) in [6.45, 7) is 0. The molecule has 3 aromatic rings. The first-order valence-electron chi connectivity index (χ1n) is 4.69. The molecule has 0 spiro atoms. The highest BCUT2D eigenvalue weighted by atomic mass is 16.4. The van der Waals surface area contributed by atoms with Crippen LogP contribution in [0.3, 0.4) is 0 Å². The maximum atomic E-state index is 9.94. The number of fused-ring (bicyclic) bond motifs is 1. The molecular weight excluding hydrogens is 206 g/mol. The van der Waals surface area contributed by atoms with Crippen molar-refractivity contribution in [3.63, 3.8) is 0 Å². The van der Waals surface area contributed by atoms with Gasteiger partial charge in [-0.2, -0.15) is 0 Å². The third-order valence-electron chi connectivity index (χ3n) is 2.24. The summed E-state index contributed by atoms with van der Waals surface area (Å²) in [5, 5.41) is 10.6. The Morgan fingerprint density at radius 3 is 2.69 bits per heavy atom. The van der Waals surface area contributed by atoms with Crippen molar-refractivity contribution in [3.8, 4) is 17.3 Å². The van der Waals surface area contributed by atoms with Crippen LogP contribution in [-0.4, -0.2) is 20.1 Å². The van der Waals surface area contributed by atoms with E-state index in [-0.39, 0.29) is 11.5 Å². The highest BCUT2D eigenvalue weighted by Crippen LogP contribution is 2.36. The molecule has 0 unspecified atom stereocenters. The second-order valence-corrected chi connectivity index (χ2v) is 3.22. The Balaban J connectivity index is 2.29. The molecule has 0 aliphatic rings. The summed E-state index contributed by atoms with van der Waals surface area (Å²) in [5.74, 6) is 0.670. The topological polar surface area (TPSA) is 72.0 Å². The van der Waals surface area contributed by atoms with E-state index in [1.807, 2.05) is 0 Å². The van der Waals surface area contributed by atoms with Crippen LogP contribution in [-0.2, 0) is 0 Å². The van der Waals surface area contributed by atoms with Gasteiger partial charge in [0.05, 0.1) is 11.6 Å². The Hall–Kier alpha value is -2.43. The van der Waals surface area contributed by atoms with Gasteiger partial charge in [0.25, 0.3) is 0 Å². The zero-order chi connectivity index (χ0) is 11.0. The molecule has 0 aliphatic heterocycles. The molecule has 0 atom stereocenters. The Kier molecular flexibility index (Phi) is 1.83. The molecule has 3 rings (SSSR count). The minimum atomic E-state index is 0.0450. The summed E-state index contributed by atoms with van der Waals surface area (Å²) < 4.78 is 5.45. The molecule has 5 nitrogen and oxygen atoms in total. The number of hydrogen-bond donors (Lipinski definition) is 1. The van der Waals surface area contributed by atoms with E-state index in [2.05, 4.69) is 15.0 Å². The molecule has 0 fully saturated rings. The predicted molar refractivity (Wildman–Crippen MR) is 56.7 cm³/mol. The van der Waals surface area contributed by atoms with E-state index in [9.17, 15) is 5.11 Å². The van der Waals surface area contributed by atoms with Gasteiger partial charge in [0.1, 0.15) is 0 Å². The van der Waals surface area contributed by atoms with Gasteiger partial charge in [0.15, 0.2) is 17.2 Å². The molecule has 16 heavy (non-hydrogen) atoms. The normalized spacial score (nSPS) is 10.8. The van der Waals surface area contributed by atoms with Crippen LogP contribution >= 0.6 is 0 Å². The van der Waals surface area contributed by atoms with Crippen LogP contribution < -0.4 is 0 Å². The average molecular weight is 213 g/mol. The lowest BCUT2D eigenvalue weighted by molar-refractivity contribution is 0.469. The van der Waals surface area contributed by atoms with Crippen molar-refractivity contribution in [2.24, 2.45) is 0 Å². The Morgan fingerprint density at radius 2 is 1.94 bits per heavy atom. The molecule has 0 aliphatic carbocycles. The Bertz CT molecular complexity index is 634. The SMILES string of the molecule is Oc1c(-c2ncccn2)oc2cnccc12. The van der Waals surface area contributed by atoms with Crippen molar-refractivity contribution in [1.82, 2.24) is 15.0 Å². The van der Waals surface area contributed by atoms with E-state index >= 15 is 0 Å². The molecule has 3 aromatic heterocycles. The number of furan rings is 1. The number of aromatic hydroxyl groups is 1. The standard InChI is InChI=1S/C11H7N3O2/c15-9-7-2-5-12-6-8(7)16-10(9)11-13-3-1-4-14-11/h1-6,15H. The molecule has 1 N–H and O–H groups in total. The molecule has 78 valence electrons. The van der Waals surface area contributed by atoms with E-state index in [0.717, 1.165) is 0 Å². The fourth-order valence-corrected chi connectivity index (χ4v) is 1.51. The predicted octanol–water partition coefficient (Wildman–Crippen LogP) is 1.99. The molecular formula is C11H7N3O2. The maximum Gasteiger partial charge on any atom is 0.214 e. The maximum absolute atomic E-state index is 9.94. The van der Waals surface area contributed by atoms with E-state index in [1.54, 1.807) is 36.9 Å². The van der Waals surface area contributed by atoms with Crippen LogP contribution in [0.1, 0.15) is 0 Å². The van der Waals surface area contributed by atoms with Crippen molar-refractivity contribution in [2.45, 2.75) is 0 Å². The molecule has 5 heteroatoms. The van der Waals surface area contributed by atoms with Crippen molar-refractivity contribution >= 4 is 11.0 Å². The van der Waals surface area contributed by atoms with Gasteiger partial charge >= 0.3 is 0 Å². The van der Waals surface area contributed by atoms with Crippen molar-refractivity contribution in [1.29, 1.82) is 0 Å². The van der Waals surface area contributed by atoms with Crippen LogP contribution in [0.5, 0.6) is 5.75 Å². The quantitative estimate of drug-likeness (QED) is 0.669. The summed E-state index contributed by atoms with van der Waals surface area (Å²) in [6.07, 6.45) is 6.31. The minimum absolute atomic E-state index is 0.0450. The summed E-state index contributed by atoms with van der Waals surface area (Å²) in [6, 6.07) is 3.38. The van der Waals surface area contributed by atoms with Gasteiger partial charge in [-0.1, -0.05) is 0 Å². The monoisotopic (exact) mass is 213 g/mol. The van der Waals surface area contributed by atoms with Gasteiger partial charge in [0.2, 0.25) is 5.76 Å². The first-order chi connectivity index (χ1) is 7.86. The number of hydrogen-bond acceptors (Lipinski definition) is 5. The van der Waals surface area contributed by atoms with Crippen molar-refractivity contribution in [2.75, 3.05) is 0 Å². The van der Waals surface area contributed by atoms with E-state index in [0.29, 0.717) is 16.8 Å². The largest absolute Gasteiger partial charge is 0.504 e. The van der Waals surface area contributed by atoms with Crippen LogP contribution in [0.4, 0.5) is 0 Å². The van der Waals surface area contributed by atoms with Crippen LogP contribution in [0.15, 0.2) is 41.3 Å². The van der Waals surface area contributed by atoms with Gasteiger partial charge in [-0.15, -0.1) is 0 Å². The summed E-state index contributed by atoms with van der Waals surface area (Å²) in [5.41, 5.74) is 0.516. The van der Waals surface area contributed by atoms with E-state index in [1.165, 1.54) is 0 Å². The Labute approximate surface area is 90.4 Å². The van der Waals surface area contributed by atoms with Gasteiger partial charge in [0, 0.05) is 18.6 Å². The molecule has 0 radical (unpaired) electrons. The third-order valence-corrected chi connectivity index (χ3v) is 2.24. The Morgan fingerprint density at radius 1 is 1.12 bits per heavy atom. The first kappa shape index (κ1) is 8.84. The van der Waals surface area contributed by atoms with E-state index < -0.39 is 0 Å². The van der Waals surface area contributed by atoms with Crippen LogP contribution in [0.25, 0.3) is 22.6 Å². The molecule has 0 aromatic carbocycles. The average Bonchev–Trinajstić information content (AvgIpc) is 2.69. The van der Waals surface area contributed by atoms with Gasteiger partial charge in [-0.3, -0.25) is 4.98 Å². The van der Waals surface area contributed by atoms with Crippen molar-refractivity contribution in [3.05, 3.63) is 36.9 Å². The second kappa shape index (κ2) is 3.30. The smallest absolute Gasteiger partial charge is 0.214 e. The molecule has 3 heterocycles. The van der Waals surface area contributed by atoms with Gasteiger partial charge in [-0.25, -0.2) is 9.97 Å². The molecule has 0 amide bonds. The van der Waals surface area contributed by atoms with Gasteiger partial charge < -0.3 is 9.52 Å². The number of aromatic nitrogens is 3. The first-order valence-corrected chi connectivity index (χ1v) is 4.69. The lowest BCUT2D eigenvalue weighted by Gasteiger charge is -1.93. The number of nitrogens with zero attached hydrogens (tertiary/aromatic N) is 3. The van der Waals surface area contributed by atoms with Crippen molar-refractivity contribution < 1.29 is 9.52 Å². The summed E-state index contributed by atoms with van der Waals surface area (Å²) in [7, 11) is 0. The zero-order valence-electron chi connectivity index (χ0n) is 8.16. The molecule has 0 saturated heterocycles. The third kappa shape index (κ3) is 1.22. The van der Waals surface area contributed by atoms with E-state index in [4.69, 9.17) is 4.42 Å².